The molecule has 3 fully saturated rings. The SMILES string of the molecule is C=C[C@@H]1C[N@+]2(CC(=O)c3ccc(Br)cc3)CC[C@H]1C[C@@H]2[C@@H](O)c1ccnc2ccc(OC)cc12. The maximum absolute atomic E-state index is 13.4. The molecule has 176 valence electrons. The Morgan fingerprint density at radius 3 is 2.82 bits per heavy atom. The van der Waals surface area contributed by atoms with Crippen LogP contribution < -0.4 is 4.74 Å². The minimum atomic E-state index is -0.705. The molecule has 1 aromatic heterocycles. The van der Waals surface area contributed by atoms with Crippen LogP contribution in [0.15, 0.2) is 71.9 Å². The lowest BCUT2D eigenvalue weighted by molar-refractivity contribution is -0.966. The van der Waals surface area contributed by atoms with E-state index in [0.717, 1.165) is 52.6 Å². The molecule has 0 aliphatic carbocycles. The summed E-state index contributed by atoms with van der Waals surface area (Å²) in [5.74, 6) is 1.71. The molecular formula is C28H30BrN2O3+. The van der Waals surface area contributed by atoms with Crippen LogP contribution >= 0.6 is 15.9 Å². The Morgan fingerprint density at radius 1 is 1.29 bits per heavy atom. The lowest BCUT2D eigenvalue weighted by atomic mass is 9.71. The number of aliphatic hydroxyl groups excluding tert-OH is 1. The fraction of sp³-hybridized carbons (Fsp3) is 0.357. The predicted molar refractivity (Wildman–Crippen MR) is 137 cm³/mol. The first-order valence-corrected chi connectivity index (χ1v) is 12.6. The van der Waals surface area contributed by atoms with Gasteiger partial charge in [0.15, 0.2) is 0 Å². The minimum absolute atomic E-state index is 0.0638. The van der Waals surface area contributed by atoms with E-state index in [-0.39, 0.29) is 11.8 Å². The molecule has 3 aromatic rings. The molecule has 5 atom stereocenters. The van der Waals surface area contributed by atoms with Crippen LogP contribution in [0.3, 0.4) is 0 Å². The maximum Gasteiger partial charge on any atom is 0.216 e. The van der Waals surface area contributed by atoms with Crippen LogP contribution in [0.4, 0.5) is 0 Å². The number of rotatable bonds is 7. The molecule has 3 aliphatic rings. The van der Waals surface area contributed by atoms with Crippen molar-refractivity contribution >= 4 is 32.6 Å². The number of halogens is 1. The summed E-state index contributed by atoms with van der Waals surface area (Å²) in [5.41, 5.74) is 2.39. The first-order valence-electron chi connectivity index (χ1n) is 11.8. The van der Waals surface area contributed by atoms with Crippen molar-refractivity contribution in [2.45, 2.75) is 25.0 Å². The lowest BCUT2D eigenvalue weighted by Crippen LogP contribution is -2.69. The Bertz CT molecular complexity index is 1230. The Kier molecular flexibility index (Phi) is 6.32. The molecule has 6 heteroatoms. The van der Waals surface area contributed by atoms with Crippen molar-refractivity contribution < 1.29 is 19.1 Å². The third kappa shape index (κ3) is 4.08. The second-order valence-corrected chi connectivity index (χ2v) is 10.6. The van der Waals surface area contributed by atoms with E-state index in [0.29, 0.717) is 28.4 Å². The zero-order valence-electron chi connectivity index (χ0n) is 19.4. The van der Waals surface area contributed by atoms with Gasteiger partial charge in [-0.25, -0.2) is 0 Å². The molecule has 0 saturated carbocycles. The van der Waals surface area contributed by atoms with Crippen molar-refractivity contribution in [1.29, 1.82) is 0 Å². The number of hydrogen-bond acceptors (Lipinski definition) is 4. The fourth-order valence-corrected chi connectivity index (χ4v) is 6.40. The molecule has 3 aliphatic heterocycles. The van der Waals surface area contributed by atoms with Gasteiger partial charge in [0.05, 0.1) is 25.7 Å². The average molecular weight is 522 g/mol. The second-order valence-electron chi connectivity index (χ2n) is 9.69. The summed E-state index contributed by atoms with van der Waals surface area (Å²) >= 11 is 3.45. The Balaban J connectivity index is 1.53. The number of hydrogen-bond donors (Lipinski definition) is 1. The van der Waals surface area contributed by atoms with Crippen LogP contribution in [0.1, 0.15) is 34.9 Å². The summed E-state index contributed by atoms with van der Waals surface area (Å²) in [6.07, 6.45) is 5.03. The Morgan fingerprint density at radius 2 is 2.09 bits per heavy atom. The molecule has 0 amide bonds. The summed E-state index contributed by atoms with van der Waals surface area (Å²) in [4.78, 5) is 17.9. The summed E-state index contributed by atoms with van der Waals surface area (Å²) in [6, 6.07) is 15.2. The standard InChI is InChI=1S/C28H30BrN2O3/c1-3-18-16-31(17-27(32)19-4-6-21(29)7-5-19)13-11-20(18)14-26(31)28(33)23-10-12-30-25-9-8-22(34-2)15-24(23)25/h3-10,12,15,18,20,26,28,33H,1,11,13-14,16-17H2,2H3/q+1/t18-,20+,26-,28+,31+/m1/s1. The molecule has 0 spiro atoms. The van der Waals surface area contributed by atoms with Crippen LogP contribution in [0, 0.1) is 11.8 Å². The topological polar surface area (TPSA) is 59.4 Å². The van der Waals surface area contributed by atoms with Gasteiger partial charge in [-0.05, 0) is 47.9 Å². The van der Waals surface area contributed by atoms with Crippen LogP contribution in [0.25, 0.3) is 10.9 Å². The highest BCUT2D eigenvalue weighted by atomic mass is 79.9. The number of methoxy groups -OCH3 is 1. The Labute approximate surface area is 208 Å². The van der Waals surface area contributed by atoms with Crippen LogP contribution in [-0.4, -0.2) is 53.1 Å². The summed E-state index contributed by atoms with van der Waals surface area (Å²) in [6.45, 7) is 6.20. The van der Waals surface area contributed by atoms with E-state index in [2.05, 4.69) is 33.6 Å². The number of pyridine rings is 1. The minimum Gasteiger partial charge on any atom is -0.497 e. The zero-order valence-corrected chi connectivity index (χ0v) is 20.9. The number of fused-ring (bicyclic) bond motifs is 4. The van der Waals surface area contributed by atoms with Crippen LogP contribution in [0.5, 0.6) is 5.75 Å². The molecule has 6 rings (SSSR count). The van der Waals surface area contributed by atoms with Crippen molar-refractivity contribution in [3.8, 4) is 5.75 Å². The number of carbonyl (C=O) groups is 1. The number of aliphatic hydroxyl groups is 1. The molecule has 4 heterocycles. The van der Waals surface area contributed by atoms with E-state index in [9.17, 15) is 9.90 Å². The summed E-state index contributed by atoms with van der Waals surface area (Å²) < 4.78 is 6.99. The lowest BCUT2D eigenvalue weighted by Gasteiger charge is -2.57. The molecule has 1 N–H and O–H groups in total. The first kappa shape index (κ1) is 23.2. The number of quaternary nitrogens is 1. The monoisotopic (exact) mass is 521 g/mol. The third-order valence-corrected chi connectivity index (χ3v) is 8.49. The number of nitrogens with zero attached hydrogens (tertiary/aromatic N) is 2. The van der Waals surface area contributed by atoms with Gasteiger partial charge in [-0.1, -0.05) is 34.1 Å². The highest BCUT2D eigenvalue weighted by molar-refractivity contribution is 9.10. The average Bonchev–Trinajstić information content (AvgIpc) is 2.87. The van der Waals surface area contributed by atoms with Gasteiger partial charge in [0.2, 0.25) is 5.78 Å². The molecule has 0 radical (unpaired) electrons. The zero-order chi connectivity index (χ0) is 23.9. The van der Waals surface area contributed by atoms with E-state index < -0.39 is 6.10 Å². The number of ketones is 1. The quantitative estimate of drug-likeness (QED) is 0.259. The van der Waals surface area contributed by atoms with Crippen molar-refractivity contribution in [2.75, 3.05) is 26.7 Å². The van der Waals surface area contributed by atoms with E-state index in [4.69, 9.17) is 4.74 Å². The summed E-state index contributed by atoms with van der Waals surface area (Å²) in [5, 5.41) is 12.7. The molecule has 34 heavy (non-hydrogen) atoms. The predicted octanol–water partition coefficient (Wildman–Crippen LogP) is 5.33. The summed E-state index contributed by atoms with van der Waals surface area (Å²) in [7, 11) is 1.64. The van der Waals surface area contributed by atoms with Gasteiger partial charge in [0, 0.05) is 40.4 Å². The fourth-order valence-electron chi connectivity index (χ4n) is 6.13. The smallest absolute Gasteiger partial charge is 0.216 e. The molecule has 5 nitrogen and oxygen atoms in total. The third-order valence-electron chi connectivity index (χ3n) is 7.97. The number of piperidine rings is 3. The highest BCUT2D eigenvalue weighted by Crippen LogP contribution is 2.47. The molecule has 2 aromatic carbocycles. The molecular weight excluding hydrogens is 492 g/mol. The molecule has 2 bridgehead atoms. The van der Waals surface area contributed by atoms with Crippen molar-refractivity contribution in [2.24, 2.45) is 11.8 Å². The number of Topliss-reactive ketones (excluding diaryl/α,β-unsaturated/α-hetero) is 1. The second kappa shape index (κ2) is 9.25. The van der Waals surface area contributed by atoms with Crippen LogP contribution in [-0.2, 0) is 0 Å². The van der Waals surface area contributed by atoms with Gasteiger partial charge in [0.25, 0.3) is 0 Å². The molecule has 3 saturated heterocycles. The van der Waals surface area contributed by atoms with E-state index in [1.807, 2.05) is 48.5 Å². The van der Waals surface area contributed by atoms with Crippen molar-refractivity contribution in [3.05, 3.63) is 83.0 Å². The number of benzene rings is 2. The number of aromatic nitrogens is 1. The normalized spacial score (nSPS) is 26.9. The maximum atomic E-state index is 13.4. The van der Waals surface area contributed by atoms with Crippen LogP contribution in [0.2, 0.25) is 0 Å². The van der Waals surface area contributed by atoms with E-state index in [1.54, 1.807) is 13.3 Å². The van der Waals surface area contributed by atoms with Gasteiger partial charge in [-0.3, -0.25) is 9.78 Å². The van der Waals surface area contributed by atoms with Gasteiger partial charge >= 0.3 is 0 Å². The largest absolute Gasteiger partial charge is 0.497 e. The van der Waals surface area contributed by atoms with Gasteiger partial charge in [-0.2, -0.15) is 0 Å². The number of ether oxygens (including phenoxy) is 1. The molecule has 0 unspecified atom stereocenters. The Hall–Kier alpha value is -2.54. The van der Waals surface area contributed by atoms with E-state index in [1.165, 1.54) is 0 Å². The first-order chi connectivity index (χ1) is 16.4. The van der Waals surface area contributed by atoms with Gasteiger partial charge in [-0.15, -0.1) is 6.58 Å². The van der Waals surface area contributed by atoms with Crippen molar-refractivity contribution in [1.82, 2.24) is 4.98 Å². The van der Waals surface area contributed by atoms with E-state index >= 15 is 0 Å². The van der Waals surface area contributed by atoms with Gasteiger partial charge < -0.3 is 14.3 Å². The highest BCUT2D eigenvalue weighted by Gasteiger charge is 2.54. The van der Waals surface area contributed by atoms with Crippen molar-refractivity contribution in [3.63, 3.8) is 0 Å². The number of carbonyl (C=O) groups excluding carboxylic acids is 1. The van der Waals surface area contributed by atoms with Gasteiger partial charge in [0.1, 0.15) is 24.4 Å².